The molecule has 1 N–H and O–H groups in total. The largest absolute Gasteiger partial charge is 0.355 e. The minimum Gasteiger partial charge on any atom is -0.355 e. The van der Waals surface area contributed by atoms with Crippen LogP contribution in [0.2, 0.25) is 0 Å². The molecule has 1 nitrogen and oxygen atoms in total. The van der Waals surface area contributed by atoms with Gasteiger partial charge in [-0.15, -0.1) is 0 Å². The van der Waals surface area contributed by atoms with Gasteiger partial charge in [0, 0.05) is 22.5 Å². The van der Waals surface area contributed by atoms with Crippen LogP contribution < -0.4 is 5.32 Å². The van der Waals surface area contributed by atoms with E-state index in [-0.39, 0.29) is 0 Å². The lowest BCUT2D eigenvalue weighted by Crippen LogP contribution is -2.04. The van der Waals surface area contributed by atoms with Gasteiger partial charge in [0.1, 0.15) is 0 Å². The summed E-state index contributed by atoms with van der Waals surface area (Å²) < 4.78 is 0. The van der Waals surface area contributed by atoms with Crippen LogP contribution in [0.1, 0.15) is 43.6 Å². The van der Waals surface area contributed by atoms with Crippen LogP contribution in [0.5, 0.6) is 0 Å². The fourth-order valence-corrected chi connectivity index (χ4v) is 6.59. The van der Waals surface area contributed by atoms with Gasteiger partial charge < -0.3 is 5.32 Å². The molecule has 1 saturated carbocycles. The van der Waals surface area contributed by atoms with Crippen molar-refractivity contribution in [3.05, 3.63) is 145 Å². The maximum atomic E-state index is 3.79. The Labute approximate surface area is 243 Å². The highest BCUT2D eigenvalue weighted by molar-refractivity contribution is 6.06. The average molecular weight is 530 g/mol. The van der Waals surface area contributed by atoms with Gasteiger partial charge >= 0.3 is 0 Å². The molecule has 0 amide bonds. The second-order valence-electron chi connectivity index (χ2n) is 11.2. The Balaban J connectivity index is 1.27. The molecule has 0 unspecified atom stereocenters. The third kappa shape index (κ3) is 5.16. The van der Waals surface area contributed by atoms with Crippen LogP contribution in [-0.2, 0) is 0 Å². The van der Waals surface area contributed by atoms with Crippen LogP contribution in [-0.4, -0.2) is 0 Å². The number of rotatable bonds is 6. The van der Waals surface area contributed by atoms with Crippen molar-refractivity contribution >= 4 is 22.1 Å². The van der Waals surface area contributed by atoms with Crippen LogP contribution in [0, 0.1) is 0 Å². The maximum absolute atomic E-state index is 3.79. The zero-order chi connectivity index (χ0) is 27.4. The molecular formula is C40H35N. The van der Waals surface area contributed by atoms with E-state index in [0.29, 0.717) is 0 Å². The molecule has 6 aromatic carbocycles. The predicted octanol–water partition coefficient (Wildman–Crippen LogP) is 11.6. The lowest BCUT2D eigenvalue weighted by atomic mass is 9.83. The van der Waals surface area contributed by atoms with Crippen LogP contribution in [0.4, 0.5) is 11.4 Å². The van der Waals surface area contributed by atoms with Gasteiger partial charge in [-0.1, -0.05) is 147 Å². The first-order chi connectivity index (χ1) is 20.3. The standard InChI is InChI=1S/C40H35N/c1-3-13-29(14-4-1)30-23-25-32(26-24-30)33-27-28-37(36-19-8-7-18-35(33)36)38-20-10-12-22-40(38)41-39-21-11-9-17-34(39)31-15-5-2-6-16-31/h2,5-12,15-29,41H,1,3-4,13-14H2. The molecule has 0 radical (unpaired) electrons. The molecule has 7 rings (SSSR count). The minimum atomic E-state index is 0.730. The van der Waals surface area contributed by atoms with Crippen LogP contribution >= 0.6 is 0 Å². The molecule has 1 fully saturated rings. The van der Waals surface area contributed by atoms with E-state index in [0.717, 1.165) is 17.3 Å². The molecule has 6 aromatic rings. The highest BCUT2D eigenvalue weighted by Crippen LogP contribution is 2.41. The van der Waals surface area contributed by atoms with Crippen molar-refractivity contribution in [1.29, 1.82) is 0 Å². The Kier molecular flexibility index (Phi) is 7.09. The smallest absolute Gasteiger partial charge is 0.0464 e. The number of hydrogen-bond donors (Lipinski definition) is 1. The molecule has 0 spiro atoms. The molecule has 0 aromatic heterocycles. The first-order valence-corrected chi connectivity index (χ1v) is 15.0. The first kappa shape index (κ1) is 25.4. The monoisotopic (exact) mass is 529 g/mol. The predicted molar refractivity (Wildman–Crippen MR) is 176 cm³/mol. The Hall–Kier alpha value is -4.62. The summed E-state index contributed by atoms with van der Waals surface area (Å²) >= 11 is 0. The maximum Gasteiger partial charge on any atom is 0.0464 e. The average Bonchev–Trinajstić information content (AvgIpc) is 3.06. The van der Waals surface area contributed by atoms with E-state index in [1.54, 1.807) is 0 Å². The third-order valence-corrected chi connectivity index (χ3v) is 8.72. The normalized spacial score (nSPS) is 13.8. The molecule has 0 aliphatic heterocycles. The number of nitrogens with one attached hydrogen (secondary N) is 1. The van der Waals surface area contributed by atoms with Gasteiger partial charge in [0.05, 0.1) is 0 Å². The molecule has 200 valence electrons. The fraction of sp³-hybridized carbons (Fsp3) is 0.150. The molecule has 0 bridgehead atoms. The quantitative estimate of drug-likeness (QED) is 0.226. The summed E-state index contributed by atoms with van der Waals surface area (Å²) in [4.78, 5) is 0. The Morgan fingerprint density at radius 2 is 0.927 bits per heavy atom. The number of fused-ring (bicyclic) bond motifs is 1. The zero-order valence-corrected chi connectivity index (χ0v) is 23.4. The number of anilines is 2. The molecular weight excluding hydrogens is 494 g/mol. The lowest BCUT2D eigenvalue weighted by Gasteiger charge is -2.22. The summed E-state index contributed by atoms with van der Waals surface area (Å²) in [5.74, 6) is 0.730. The van der Waals surface area contributed by atoms with Gasteiger partial charge in [-0.3, -0.25) is 0 Å². The fourth-order valence-electron chi connectivity index (χ4n) is 6.59. The van der Waals surface area contributed by atoms with Crippen molar-refractivity contribution < 1.29 is 0 Å². The Morgan fingerprint density at radius 3 is 1.66 bits per heavy atom. The third-order valence-electron chi connectivity index (χ3n) is 8.72. The molecule has 0 atom stereocenters. The van der Waals surface area contributed by atoms with Crippen molar-refractivity contribution in [3.8, 4) is 33.4 Å². The van der Waals surface area contributed by atoms with Crippen molar-refractivity contribution in [2.24, 2.45) is 0 Å². The highest BCUT2D eigenvalue weighted by atomic mass is 14.9. The Bertz CT molecular complexity index is 1780. The SMILES string of the molecule is c1ccc(-c2ccccc2Nc2ccccc2-c2ccc(-c3ccc(C4CCCCC4)cc3)c3ccccc23)cc1. The molecule has 0 saturated heterocycles. The van der Waals surface area contributed by atoms with Gasteiger partial charge in [0.25, 0.3) is 0 Å². The van der Waals surface area contributed by atoms with E-state index >= 15 is 0 Å². The zero-order valence-electron chi connectivity index (χ0n) is 23.4. The van der Waals surface area contributed by atoms with Gasteiger partial charge in [-0.2, -0.15) is 0 Å². The van der Waals surface area contributed by atoms with Crippen molar-refractivity contribution in [2.45, 2.75) is 38.0 Å². The number of para-hydroxylation sites is 2. The molecule has 41 heavy (non-hydrogen) atoms. The van der Waals surface area contributed by atoms with Gasteiger partial charge in [0.2, 0.25) is 0 Å². The number of benzene rings is 6. The Morgan fingerprint density at radius 1 is 0.390 bits per heavy atom. The van der Waals surface area contributed by atoms with Crippen LogP contribution in [0.3, 0.4) is 0 Å². The highest BCUT2D eigenvalue weighted by Gasteiger charge is 2.17. The van der Waals surface area contributed by atoms with Crippen LogP contribution in [0.25, 0.3) is 44.2 Å². The van der Waals surface area contributed by atoms with E-state index < -0.39 is 0 Å². The molecule has 1 aliphatic carbocycles. The summed E-state index contributed by atoms with van der Waals surface area (Å²) in [6, 6.07) is 50.7. The second-order valence-corrected chi connectivity index (χ2v) is 11.2. The molecule has 0 heterocycles. The molecule has 1 aliphatic rings. The lowest BCUT2D eigenvalue weighted by molar-refractivity contribution is 0.443. The van der Waals surface area contributed by atoms with Crippen molar-refractivity contribution in [2.75, 3.05) is 5.32 Å². The molecule has 1 heteroatoms. The van der Waals surface area contributed by atoms with Gasteiger partial charge in [-0.25, -0.2) is 0 Å². The summed E-state index contributed by atoms with van der Waals surface area (Å²) in [6.07, 6.45) is 6.80. The van der Waals surface area contributed by atoms with Gasteiger partial charge in [0.15, 0.2) is 0 Å². The van der Waals surface area contributed by atoms with E-state index in [4.69, 9.17) is 0 Å². The first-order valence-electron chi connectivity index (χ1n) is 15.0. The van der Waals surface area contributed by atoms with E-state index in [1.165, 1.54) is 81.8 Å². The van der Waals surface area contributed by atoms with Gasteiger partial charge in [-0.05, 0) is 69.5 Å². The summed E-state index contributed by atoms with van der Waals surface area (Å²) in [5, 5.41) is 6.34. The van der Waals surface area contributed by atoms with Crippen LogP contribution in [0.15, 0.2) is 140 Å². The summed E-state index contributed by atoms with van der Waals surface area (Å²) in [6.45, 7) is 0. The van der Waals surface area contributed by atoms with Crippen molar-refractivity contribution in [1.82, 2.24) is 0 Å². The summed E-state index contributed by atoms with van der Waals surface area (Å²) in [5.41, 5.74) is 11.1. The summed E-state index contributed by atoms with van der Waals surface area (Å²) in [7, 11) is 0. The topological polar surface area (TPSA) is 12.0 Å². The van der Waals surface area contributed by atoms with Crippen molar-refractivity contribution in [3.63, 3.8) is 0 Å². The minimum absolute atomic E-state index is 0.730. The second kappa shape index (κ2) is 11.5. The van der Waals surface area contributed by atoms with E-state index in [2.05, 4.69) is 145 Å². The van der Waals surface area contributed by atoms with E-state index in [9.17, 15) is 0 Å². The number of hydrogen-bond acceptors (Lipinski definition) is 1. The van der Waals surface area contributed by atoms with E-state index in [1.807, 2.05) is 0 Å².